The summed E-state index contributed by atoms with van der Waals surface area (Å²) in [6, 6.07) is 4.09. The van der Waals surface area contributed by atoms with Crippen LogP contribution in [0.25, 0.3) is 0 Å². The minimum atomic E-state index is -4.57. The van der Waals surface area contributed by atoms with Gasteiger partial charge in [-0.3, -0.25) is 4.90 Å². The molecule has 0 aliphatic carbocycles. The van der Waals surface area contributed by atoms with Gasteiger partial charge >= 0.3 is 6.18 Å². The van der Waals surface area contributed by atoms with Crippen LogP contribution in [0, 0.1) is 0 Å². The first kappa shape index (κ1) is 18.6. The lowest BCUT2D eigenvalue weighted by molar-refractivity contribution is -0.137. The van der Waals surface area contributed by atoms with Gasteiger partial charge in [-0.25, -0.2) is 8.42 Å². The second-order valence-corrected chi connectivity index (χ2v) is 8.54. The van der Waals surface area contributed by atoms with Gasteiger partial charge in [0, 0.05) is 32.2 Å². The third-order valence-corrected chi connectivity index (χ3v) is 6.83. The Morgan fingerprint density at radius 1 is 1.08 bits per heavy atom. The van der Waals surface area contributed by atoms with Crippen molar-refractivity contribution in [3.05, 3.63) is 29.8 Å². The maximum atomic E-state index is 12.8. The lowest BCUT2D eigenvalue weighted by Crippen LogP contribution is -2.46. The maximum absolute atomic E-state index is 12.8. The predicted molar refractivity (Wildman–Crippen MR) is 85.4 cm³/mol. The summed E-state index contributed by atoms with van der Waals surface area (Å²) in [5.74, 6) is 0. The van der Waals surface area contributed by atoms with Gasteiger partial charge in [-0.1, -0.05) is 6.07 Å². The smallest absolute Gasteiger partial charge is 0.392 e. The van der Waals surface area contributed by atoms with Crippen molar-refractivity contribution in [3.8, 4) is 0 Å². The molecule has 9 heteroatoms. The zero-order valence-electron chi connectivity index (χ0n) is 13.6. The first-order valence-corrected chi connectivity index (χ1v) is 9.71. The number of alkyl halides is 3. The molecule has 0 bridgehead atoms. The number of β-amino-alcohol motifs (C(OH)–C–C–N with tert-alkyl or cyclic N) is 1. The van der Waals surface area contributed by atoms with E-state index in [2.05, 4.69) is 4.90 Å². The Morgan fingerprint density at radius 2 is 1.76 bits per heavy atom. The average molecular weight is 378 g/mol. The number of piperidine rings is 1. The number of likely N-dealkylation sites (tertiary alicyclic amines) is 1. The highest BCUT2D eigenvalue weighted by Crippen LogP contribution is 2.32. The molecule has 0 spiro atoms. The number of sulfonamides is 1. The van der Waals surface area contributed by atoms with Gasteiger partial charge in [0.15, 0.2) is 0 Å². The number of aliphatic hydroxyl groups excluding tert-OH is 1. The number of benzene rings is 1. The van der Waals surface area contributed by atoms with Crippen LogP contribution in [0.2, 0.25) is 0 Å². The van der Waals surface area contributed by atoms with E-state index in [0.717, 1.165) is 25.1 Å². The Morgan fingerprint density at radius 3 is 2.32 bits per heavy atom. The third kappa shape index (κ3) is 3.99. The average Bonchev–Trinajstić information content (AvgIpc) is 3.01. The summed E-state index contributed by atoms with van der Waals surface area (Å²) in [7, 11) is -3.94. The molecular weight excluding hydrogens is 357 g/mol. The van der Waals surface area contributed by atoms with Crippen molar-refractivity contribution in [2.75, 3.05) is 26.2 Å². The summed E-state index contributed by atoms with van der Waals surface area (Å²) in [6.07, 6.45) is -2.94. The second-order valence-electron chi connectivity index (χ2n) is 6.60. The zero-order valence-corrected chi connectivity index (χ0v) is 14.4. The largest absolute Gasteiger partial charge is 0.416 e. The monoisotopic (exact) mass is 378 g/mol. The Bertz CT molecular complexity index is 716. The molecule has 0 aromatic heterocycles. The van der Waals surface area contributed by atoms with Gasteiger partial charge in [0.2, 0.25) is 10.0 Å². The van der Waals surface area contributed by atoms with Crippen LogP contribution in [-0.4, -0.2) is 61.1 Å². The van der Waals surface area contributed by atoms with E-state index in [-0.39, 0.29) is 30.1 Å². The predicted octanol–water partition coefficient (Wildman–Crippen LogP) is 1.93. The zero-order chi connectivity index (χ0) is 18.2. The van der Waals surface area contributed by atoms with Crippen molar-refractivity contribution in [2.24, 2.45) is 0 Å². The van der Waals surface area contributed by atoms with Gasteiger partial charge in [-0.15, -0.1) is 0 Å². The van der Waals surface area contributed by atoms with Crippen LogP contribution in [0.5, 0.6) is 0 Å². The van der Waals surface area contributed by atoms with Crippen molar-refractivity contribution in [2.45, 2.75) is 42.5 Å². The fraction of sp³-hybridized carbons (Fsp3) is 0.625. The van der Waals surface area contributed by atoms with Crippen LogP contribution >= 0.6 is 0 Å². The number of rotatable bonds is 3. The molecule has 2 aliphatic heterocycles. The molecule has 2 fully saturated rings. The van der Waals surface area contributed by atoms with Crippen LogP contribution in [0.1, 0.15) is 24.8 Å². The normalized spacial score (nSPS) is 24.7. The van der Waals surface area contributed by atoms with E-state index in [9.17, 15) is 26.7 Å². The first-order chi connectivity index (χ1) is 11.7. The van der Waals surface area contributed by atoms with Gasteiger partial charge in [-0.2, -0.15) is 17.5 Å². The standard InChI is InChI=1S/C16H21F3N2O3S/c17-16(18,19)12-2-1-3-15(10-12)25(23,24)21-8-4-13(5-9-21)20-7-6-14(22)11-20/h1-3,10,13-14,22H,4-9,11H2/t14-/m1/s1. The number of aliphatic hydroxyl groups is 1. The fourth-order valence-electron chi connectivity index (χ4n) is 3.53. The molecule has 1 atom stereocenters. The van der Waals surface area contributed by atoms with E-state index < -0.39 is 21.8 Å². The summed E-state index contributed by atoms with van der Waals surface area (Å²) >= 11 is 0. The Kier molecular flexibility index (Phi) is 5.11. The van der Waals surface area contributed by atoms with Crippen molar-refractivity contribution >= 4 is 10.0 Å². The quantitative estimate of drug-likeness (QED) is 0.873. The SMILES string of the molecule is O=S(=O)(c1cccc(C(F)(F)F)c1)N1CCC(N2CC[C@@H](O)C2)CC1. The molecule has 25 heavy (non-hydrogen) atoms. The highest BCUT2D eigenvalue weighted by atomic mass is 32.2. The van der Waals surface area contributed by atoms with Crippen LogP contribution in [-0.2, 0) is 16.2 Å². The summed E-state index contributed by atoms with van der Waals surface area (Å²) < 4.78 is 65.0. The lowest BCUT2D eigenvalue weighted by Gasteiger charge is -2.36. The number of nitrogens with zero attached hydrogens (tertiary/aromatic N) is 2. The summed E-state index contributed by atoms with van der Waals surface area (Å²) in [4.78, 5) is 1.84. The molecule has 0 saturated carbocycles. The summed E-state index contributed by atoms with van der Waals surface area (Å²) in [5.41, 5.74) is -0.963. The minimum absolute atomic E-state index is 0.213. The highest BCUT2D eigenvalue weighted by molar-refractivity contribution is 7.89. The first-order valence-electron chi connectivity index (χ1n) is 8.27. The molecule has 2 aliphatic rings. The van der Waals surface area contributed by atoms with Gasteiger partial charge in [0.1, 0.15) is 0 Å². The number of hydrogen-bond donors (Lipinski definition) is 1. The van der Waals surface area contributed by atoms with Gasteiger partial charge in [-0.05, 0) is 37.5 Å². The topological polar surface area (TPSA) is 60.9 Å². The van der Waals surface area contributed by atoms with Crippen LogP contribution < -0.4 is 0 Å². The van der Waals surface area contributed by atoms with E-state index >= 15 is 0 Å². The molecule has 2 heterocycles. The Labute approximate surface area is 145 Å². The van der Waals surface area contributed by atoms with Crippen molar-refractivity contribution in [1.29, 1.82) is 0 Å². The molecule has 1 N–H and O–H groups in total. The molecule has 0 unspecified atom stereocenters. The van der Waals surface area contributed by atoms with Crippen LogP contribution in [0.4, 0.5) is 13.2 Å². The van der Waals surface area contributed by atoms with Crippen molar-refractivity contribution in [1.82, 2.24) is 9.21 Å². The molecule has 0 radical (unpaired) electrons. The third-order valence-electron chi connectivity index (χ3n) is 4.93. The molecule has 1 aromatic carbocycles. The van der Waals surface area contributed by atoms with Gasteiger partial charge in [0.25, 0.3) is 0 Å². The molecule has 140 valence electrons. The van der Waals surface area contributed by atoms with E-state index in [1.54, 1.807) is 0 Å². The molecular formula is C16H21F3N2O3S. The van der Waals surface area contributed by atoms with Crippen molar-refractivity contribution < 1.29 is 26.7 Å². The van der Waals surface area contributed by atoms with E-state index in [1.165, 1.54) is 10.4 Å². The minimum Gasteiger partial charge on any atom is -0.392 e. The Balaban J connectivity index is 1.70. The number of halogens is 3. The molecule has 1 aromatic rings. The highest BCUT2D eigenvalue weighted by Gasteiger charge is 2.36. The lowest BCUT2D eigenvalue weighted by atomic mass is 10.1. The van der Waals surface area contributed by atoms with Gasteiger partial charge in [0.05, 0.1) is 16.6 Å². The fourth-order valence-corrected chi connectivity index (χ4v) is 5.05. The summed E-state index contributed by atoms with van der Waals surface area (Å²) in [6.45, 7) is 1.95. The molecule has 3 rings (SSSR count). The van der Waals surface area contributed by atoms with Crippen LogP contribution in [0.3, 0.4) is 0 Å². The number of hydrogen-bond acceptors (Lipinski definition) is 4. The molecule has 2 saturated heterocycles. The molecule has 0 amide bonds. The second kappa shape index (κ2) is 6.86. The summed E-state index contributed by atoms with van der Waals surface area (Å²) in [5, 5.41) is 9.61. The Hall–Kier alpha value is -1.16. The van der Waals surface area contributed by atoms with Crippen molar-refractivity contribution in [3.63, 3.8) is 0 Å². The van der Waals surface area contributed by atoms with E-state index in [1.807, 2.05) is 0 Å². The van der Waals surface area contributed by atoms with E-state index in [0.29, 0.717) is 25.5 Å². The van der Waals surface area contributed by atoms with Gasteiger partial charge < -0.3 is 5.11 Å². The molecule has 5 nitrogen and oxygen atoms in total. The maximum Gasteiger partial charge on any atom is 0.416 e. The van der Waals surface area contributed by atoms with Crippen LogP contribution in [0.15, 0.2) is 29.2 Å². The van der Waals surface area contributed by atoms with E-state index in [4.69, 9.17) is 0 Å².